The summed E-state index contributed by atoms with van der Waals surface area (Å²) in [6, 6.07) is 3.62. The molecule has 1 amide bonds. The maximum Gasteiger partial charge on any atom is 0.224 e. The number of pyridine rings is 1. The van der Waals surface area contributed by atoms with Crippen molar-refractivity contribution in [2.45, 2.75) is 31.6 Å². The fourth-order valence-electron chi connectivity index (χ4n) is 2.95. The van der Waals surface area contributed by atoms with E-state index in [1.807, 2.05) is 17.0 Å². The second kappa shape index (κ2) is 7.92. The lowest BCUT2D eigenvalue weighted by Gasteiger charge is -2.24. The normalized spacial score (nSPS) is 20.9. The van der Waals surface area contributed by atoms with Gasteiger partial charge in [0.25, 0.3) is 0 Å². The van der Waals surface area contributed by atoms with Crippen molar-refractivity contribution in [3.8, 4) is 0 Å². The minimum Gasteiger partial charge on any atom is -0.354 e. The van der Waals surface area contributed by atoms with Crippen LogP contribution in [0.4, 0.5) is 4.39 Å². The van der Waals surface area contributed by atoms with Crippen LogP contribution in [0.2, 0.25) is 0 Å². The van der Waals surface area contributed by atoms with Gasteiger partial charge in [0.1, 0.15) is 12.5 Å². The highest BCUT2D eigenvalue weighted by atomic mass is 19.1. The van der Waals surface area contributed by atoms with Crippen LogP contribution < -0.4 is 5.32 Å². The summed E-state index contributed by atoms with van der Waals surface area (Å²) >= 11 is 0. The van der Waals surface area contributed by atoms with Crippen LogP contribution in [-0.2, 0) is 17.8 Å². The number of carbonyl (C=O) groups is 1. The van der Waals surface area contributed by atoms with Gasteiger partial charge in [-0.05, 0) is 24.1 Å². The van der Waals surface area contributed by atoms with Crippen molar-refractivity contribution >= 4 is 5.91 Å². The van der Waals surface area contributed by atoms with Gasteiger partial charge in [-0.3, -0.25) is 14.7 Å². The topological polar surface area (TPSA) is 71.0 Å². The third-order valence-corrected chi connectivity index (χ3v) is 4.13. The van der Waals surface area contributed by atoms with Gasteiger partial charge in [0.15, 0.2) is 0 Å². The van der Waals surface area contributed by atoms with Gasteiger partial charge in [-0.1, -0.05) is 0 Å². The lowest BCUT2D eigenvalue weighted by molar-refractivity contribution is -0.120. The molecule has 3 rings (SSSR count). The number of alkyl halides is 1. The Morgan fingerprint density at radius 2 is 1.96 bits per heavy atom. The number of likely N-dealkylation sites (tertiary alicyclic amines) is 1. The van der Waals surface area contributed by atoms with Gasteiger partial charge in [-0.2, -0.15) is 0 Å². The number of hydrogen-bond donors (Lipinski definition) is 1. The van der Waals surface area contributed by atoms with Crippen LogP contribution in [0.25, 0.3) is 0 Å². The number of nitrogens with one attached hydrogen (secondary N) is 1. The van der Waals surface area contributed by atoms with Gasteiger partial charge in [0, 0.05) is 56.0 Å². The molecular formula is C17H20FN5O. The molecule has 0 bridgehead atoms. The molecule has 1 aliphatic heterocycles. The van der Waals surface area contributed by atoms with Crippen molar-refractivity contribution in [1.29, 1.82) is 0 Å². The van der Waals surface area contributed by atoms with Gasteiger partial charge in [-0.25, -0.2) is 14.4 Å². The highest BCUT2D eigenvalue weighted by Gasteiger charge is 2.32. The van der Waals surface area contributed by atoms with Crippen LogP contribution in [0, 0.1) is 0 Å². The van der Waals surface area contributed by atoms with Crippen LogP contribution in [0.1, 0.15) is 17.5 Å². The molecule has 0 aromatic carbocycles. The molecule has 2 atom stereocenters. The van der Waals surface area contributed by atoms with E-state index in [1.165, 1.54) is 6.33 Å². The molecule has 2 aromatic rings. The fraction of sp³-hybridized carbons (Fsp3) is 0.412. The Labute approximate surface area is 140 Å². The second-order valence-electron chi connectivity index (χ2n) is 6.00. The van der Waals surface area contributed by atoms with Gasteiger partial charge in [0.2, 0.25) is 5.91 Å². The minimum atomic E-state index is -0.864. The highest BCUT2D eigenvalue weighted by Crippen LogP contribution is 2.22. The summed E-state index contributed by atoms with van der Waals surface area (Å²) in [4.78, 5) is 26.0. The standard InChI is InChI=1S/C17H20FN5O/c18-15-6-16(23(11-15)10-14-7-20-12-21-8-14)9-22-17(24)5-13-1-3-19-4-2-13/h1-4,7-8,12,15-16H,5-6,9-11H2,(H,22,24)/t15-,16-/m0/s1. The van der Waals surface area contributed by atoms with E-state index in [9.17, 15) is 9.18 Å². The molecule has 0 unspecified atom stereocenters. The Morgan fingerprint density at radius 1 is 1.21 bits per heavy atom. The average molecular weight is 329 g/mol. The van der Waals surface area contributed by atoms with Gasteiger partial charge < -0.3 is 5.32 Å². The zero-order valence-corrected chi connectivity index (χ0v) is 13.3. The molecule has 0 aliphatic carbocycles. The van der Waals surface area contributed by atoms with Gasteiger partial charge in [-0.15, -0.1) is 0 Å². The Hall–Kier alpha value is -2.41. The number of aromatic nitrogens is 3. The highest BCUT2D eigenvalue weighted by molar-refractivity contribution is 5.78. The van der Waals surface area contributed by atoms with E-state index in [1.54, 1.807) is 24.8 Å². The maximum atomic E-state index is 13.8. The third-order valence-electron chi connectivity index (χ3n) is 4.13. The van der Waals surface area contributed by atoms with Crippen molar-refractivity contribution in [3.05, 3.63) is 54.4 Å². The predicted molar refractivity (Wildman–Crippen MR) is 86.7 cm³/mol. The summed E-state index contributed by atoms with van der Waals surface area (Å²) in [5, 5.41) is 2.91. The summed E-state index contributed by atoms with van der Waals surface area (Å²) in [6.07, 6.45) is 8.15. The SMILES string of the molecule is O=C(Cc1ccncc1)NC[C@@H]1C[C@H](F)CN1Cc1cncnc1. The van der Waals surface area contributed by atoms with Gasteiger partial charge in [0.05, 0.1) is 6.42 Å². The van der Waals surface area contributed by atoms with Crippen LogP contribution >= 0.6 is 0 Å². The number of nitrogens with zero attached hydrogens (tertiary/aromatic N) is 4. The van der Waals surface area contributed by atoms with E-state index in [4.69, 9.17) is 0 Å². The number of rotatable bonds is 6. The van der Waals surface area contributed by atoms with E-state index < -0.39 is 6.17 Å². The van der Waals surface area contributed by atoms with Gasteiger partial charge >= 0.3 is 0 Å². The molecule has 3 heterocycles. The first kappa shape index (κ1) is 16.4. The molecule has 0 saturated carbocycles. The summed E-state index contributed by atoms with van der Waals surface area (Å²) in [6.45, 7) is 1.41. The molecule has 2 aromatic heterocycles. The monoisotopic (exact) mass is 329 g/mol. The van der Waals surface area contributed by atoms with E-state index >= 15 is 0 Å². The summed E-state index contributed by atoms with van der Waals surface area (Å²) in [7, 11) is 0. The molecule has 1 saturated heterocycles. The smallest absolute Gasteiger partial charge is 0.224 e. The molecular weight excluding hydrogens is 309 g/mol. The van der Waals surface area contributed by atoms with Crippen LogP contribution in [-0.4, -0.2) is 51.1 Å². The summed E-state index contributed by atoms with van der Waals surface area (Å²) in [5.41, 5.74) is 1.86. The number of amides is 1. The van der Waals surface area contributed by atoms with E-state index in [-0.39, 0.29) is 11.9 Å². The molecule has 6 nitrogen and oxygen atoms in total. The molecule has 0 spiro atoms. The van der Waals surface area contributed by atoms with Crippen molar-refractivity contribution < 1.29 is 9.18 Å². The third kappa shape index (κ3) is 4.55. The second-order valence-corrected chi connectivity index (χ2v) is 6.00. The molecule has 126 valence electrons. The van der Waals surface area contributed by atoms with Crippen molar-refractivity contribution in [3.63, 3.8) is 0 Å². The fourth-order valence-corrected chi connectivity index (χ4v) is 2.95. The lowest BCUT2D eigenvalue weighted by Crippen LogP contribution is -2.40. The first-order valence-electron chi connectivity index (χ1n) is 7.98. The zero-order chi connectivity index (χ0) is 16.8. The Balaban J connectivity index is 1.52. The molecule has 7 heteroatoms. The largest absolute Gasteiger partial charge is 0.354 e. The Morgan fingerprint density at radius 3 is 2.71 bits per heavy atom. The Kier molecular flexibility index (Phi) is 5.43. The quantitative estimate of drug-likeness (QED) is 0.861. The predicted octanol–water partition coefficient (Wildman–Crippen LogP) is 1.14. The Bertz CT molecular complexity index is 655. The minimum absolute atomic E-state index is 0.0124. The van der Waals surface area contributed by atoms with E-state index in [2.05, 4.69) is 20.3 Å². The summed E-state index contributed by atoms with van der Waals surface area (Å²) < 4.78 is 13.8. The van der Waals surface area contributed by atoms with E-state index in [0.717, 1.165) is 11.1 Å². The first-order chi connectivity index (χ1) is 11.7. The zero-order valence-electron chi connectivity index (χ0n) is 13.3. The number of hydrogen-bond acceptors (Lipinski definition) is 5. The molecule has 1 aliphatic rings. The van der Waals surface area contributed by atoms with Crippen LogP contribution in [0.5, 0.6) is 0 Å². The molecule has 1 N–H and O–H groups in total. The molecule has 0 radical (unpaired) electrons. The van der Waals surface area contributed by atoms with Crippen LogP contribution in [0.3, 0.4) is 0 Å². The van der Waals surface area contributed by atoms with Crippen molar-refractivity contribution in [2.24, 2.45) is 0 Å². The number of carbonyl (C=O) groups excluding carboxylic acids is 1. The average Bonchev–Trinajstić information content (AvgIpc) is 2.94. The number of halogens is 1. The lowest BCUT2D eigenvalue weighted by atomic mass is 10.1. The first-order valence-corrected chi connectivity index (χ1v) is 7.98. The maximum absolute atomic E-state index is 13.8. The molecule has 24 heavy (non-hydrogen) atoms. The van der Waals surface area contributed by atoms with Crippen LogP contribution in [0.15, 0.2) is 43.2 Å². The van der Waals surface area contributed by atoms with Crippen molar-refractivity contribution in [2.75, 3.05) is 13.1 Å². The molecule has 1 fully saturated rings. The van der Waals surface area contributed by atoms with E-state index in [0.29, 0.717) is 32.5 Å². The summed E-state index contributed by atoms with van der Waals surface area (Å²) in [5.74, 6) is -0.0634. The van der Waals surface area contributed by atoms with Crippen molar-refractivity contribution in [1.82, 2.24) is 25.2 Å².